The molecule has 1 aromatic carbocycles. The van der Waals surface area contributed by atoms with Gasteiger partial charge in [-0.05, 0) is 30.5 Å². The van der Waals surface area contributed by atoms with Crippen molar-refractivity contribution in [2.45, 2.75) is 32.1 Å². The first-order valence-electron chi connectivity index (χ1n) is 9.27. The minimum atomic E-state index is -0.264. The number of hydrogen-bond donors (Lipinski definition) is 2. The fourth-order valence-corrected chi connectivity index (χ4v) is 3.48. The number of carbonyl (C=O) groups excluding carboxylic acids is 2. The summed E-state index contributed by atoms with van der Waals surface area (Å²) in [6, 6.07) is 8.53. The lowest BCUT2D eigenvalue weighted by Crippen LogP contribution is -2.38. The predicted molar refractivity (Wildman–Crippen MR) is 97.6 cm³/mol. The summed E-state index contributed by atoms with van der Waals surface area (Å²) < 4.78 is 11.3. The number of benzene rings is 1. The van der Waals surface area contributed by atoms with Crippen molar-refractivity contribution in [1.82, 2.24) is 10.6 Å². The van der Waals surface area contributed by atoms with Crippen molar-refractivity contribution < 1.29 is 19.1 Å². The molecule has 7 heteroatoms. The van der Waals surface area contributed by atoms with Crippen molar-refractivity contribution in [2.75, 3.05) is 37.7 Å². The molecule has 0 unspecified atom stereocenters. The monoisotopic (exact) mass is 361 g/mol. The van der Waals surface area contributed by atoms with Crippen molar-refractivity contribution in [2.24, 2.45) is 5.92 Å². The number of amides is 2. The number of hydrogen-bond acceptors (Lipinski definition) is 6. The predicted octanol–water partition coefficient (Wildman–Crippen LogP) is 1.03. The Bertz CT molecular complexity index is 579. The van der Waals surface area contributed by atoms with E-state index in [2.05, 4.69) is 39.8 Å². The molecule has 26 heavy (non-hydrogen) atoms. The van der Waals surface area contributed by atoms with E-state index in [1.807, 2.05) is 0 Å². The Morgan fingerprint density at radius 3 is 2.50 bits per heavy atom. The highest BCUT2D eigenvalue weighted by Crippen LogP contribution is 2.28. The number of carbonyl (C=O) groups is 2. The smallest absolute Gasteiger partial charge is 0.227 e. The van der Waals surface area contributed by atoms with Crippen LogP contribution < -0.4 is 15.5 Å². The molecule has 2 N–H and O–H groups in total. The molecule has 2 heterocycles. The van der Waals surface area contributed by atoms with E-state index in [0.29, 0.717) is 31.8 Å². The van der Waals surface area contributed by atoms with Crippen LogP contribution in [0.1, 0.15) is 24.8 Å². The van der Waals surface area contributed by atoms with Crippen LogP contribution in [-0.2, 0) is 25.6 Å². The summed E-state index contributed by atoms with van der Waals surface area (Å²) in [7, 11) is 0. The van der Waals surface area contributed by atoms with Crippen LogP contribution in [0.5, 0.6) is 0 Å². The third kappa shape index (κ3) is 5.27. The Morgan fingerprint density at radius 1 is 1.15 bits per heavy atom. The van der Waals surface area contributed by atoms with Crippen LogP contribution in [-0.4, -0.2) is 51.5 Å². The Morgan fingerprint density at radius 2 is 1.85 bits per heavy atom. The maximum Gasteiger partial charge on any atom is 0.227 e. The maximum atomic E-state index is 11.2. The van der Waals surface area contributed by atoms with Crippen molar-refractivity contribution in [3.63, 3.8) is 0 Å². The van der Waals surface area contributed by atoms with Gasteiger partial charge >= 0.3 is 0 Å². The third-order valence-corrected chi connectivity index (χ3v) is 4.95. The summed E-state index contributed by atoms with van der Waals surface area (Å²) in [4.78, 5) is 23.7. The first-order chi connectivity index (χ1) is 12.8. The minimum Gasteiger partial charge on any atom is -0.372 e. The fraction of sp³-hybridized carbons (Fsp3) is 0.579. The normalized spacial score (nSPS) is 18.8. The van der Waals surface area contributed by atoms with E-state index in [4.69, 9.17) is 9.47 Å². The molecule has 2 amide bonds. The average Bonchev–Trinajstić information content (AvgIpc) is 3.21. The highest BCUT2D eigenvalue weighted by molar-refractivity contribution is 5.85. The number of anilines is 1. The second-order valence-corrected chi connectivity index (χ2v) is 6.71. The van der Waals surface area contributed by atoms with Crippen LogP contribution >= 0.6 is 0 Å². The summed E-state index contributed by atoms with van der Waals surface area (Å²) in [5.41, 5.74) is 2.41. The molecule has 0 spiro atoms. The highest BCUT2D eigenvalue weighted by atomic mass is 16.7. The second-order valence-electron chi connectivity index (χ2n) is 6.71. The molecular formula is C19H27N3O4. The van der Waals surface area contributed by atoms with Crippen LogP contribution in [0, 0.1) is 5.92 Å². The van der Waals surface area contributed by atoms with Crippen LogP contribution in [0.15, 0.2) is 24.3 Å². The molecule has 142 valence electrons. The van der Waals surface area contributed by atoms with Gasteiger partial charge in [-0.25, -0.2) is 0 Å². The van der Waals surface area contributed by atoms with Gasteiger partial charge in [0.2, 0.25) is 12.3 Å². The van der Waals surface area contributed by atoms with Gasteiger partial charge in [0, 0.05) is 44.2 Å². The van der Waals surface area contributed by atoms with Gasteiger partial charge in [0.15, 0.2) is 6.29 Å². The van der Waals surface area contributed by atoms with Crippen LogP contribution in [0.3, 0.4) is 0 Å². The zero-order valence-electron chi connectivity index (χ0n) is 15.0. The van der Waals surface area contributed by atoms with Gasteiger partial charge in [0.25, 0.3) is 0 Å². The molecule has 2 aliphatic rings. The van der Waals surface area contributed by atoms with Gasteiger partial charge in [0.05, 0.1) is 13.2 Å². The molecule has 2 saturated heterocycles. The van der Waals surface area contributed by atoms with Crippen molar-refractivity contribution in [1.29, 1.82) is 0 Å². The first-order valence-corrected chi connectivity index (χ1v) is 9.27. The number of nitrogens with zero attached hydrogens (tertiary/aromatic N) is 1. The lowest BCUT2D eigenvalue weighted by Gasteiger charge is -2.35. The molecule has 0 bridgehead atoms. The summed E-state index contributed by atoms with van der Waals surface area (Å²) in [5.74, 6) is 0.244. The SMILES string of the molecule is O=CNC(=O)CCNCc1ccc(N2CCC(C3OCCO3)CC2)cc1. The molecule has 0 aromatic heterocycles. The number of rotatable bonds is 8. The zero-order valence-corrected chi connectivity index (χ0v) is 15.0. The molecule has 7 nitrogen and oxygen atoms in total. The number of imide groups is 1. The Hall–Kier alpha value is -1.96. The van der Waals surface area contributed by atoms with Crippen LogP contribution in [0.25, 0.3) is 0 Å². The topological polar surface area (TPSA) is 79.9 Å². The summed E-state index contributed by atoms with van der Waals surface area (Å²) in [6.45, 7) is 4.74. The van der Waals surface area contributed by atoms with E-state index in [-0.39, 0.29) is 12.2 Å². The van der Waals surface area contributed by atoms with E-state index in [0.717, 1.165) is 39.1 Å². The van der Waals surface area contributed by atoms with Gasteiger partial charge in [0.1, 0.15) is 0 Å². The number of nitrogens with one attached hydrogen (secondary N) is 2. The lowest BCUT2D eigenvalue weighted by atomic mass is 9.95. The van der Waals surface area contributed by atoms with E-state index >= 15 is 0 Å². The molecule has 2 fully saturated rings. The van der Waals surface area contributed by atoms with E-state index in [9.17, 15) is 9.59 Å². The van der Waals surface area contributed by atoms with Crippen LogP contribution in [0.2, 0.25) is 0 Å². The van der Waals surface area contributed by atoms with Gasteiger partial charge in [-0.2, -0.15) is 0 Å². The molecule has 0 atom stereocenters. The standard InChI is InChI=1S/C19H27N3O4/c23-14-21-18(24)5-8-20-13-15-1-3-17(4-2-15)22-9-6-16(7-10-22)19-25-11-12-26-19/h1-4,14,16,19-20H,5-13H2,(H,21,23,24). The minimum absolute atomic E-state index is 0.000728. The van der Waals surface area contributed by atoms with Crippen molar-refractivity contribution in [3.8, 4) is 0 Å². The van der Waals surface area contributed by atoms with Gasteiger partial charge in [-0.1, -0.05) is 12.1 Å². The Balaban J connectivity index is 1.39. The third-order valence-electron chi connectivity index (χ3n) is 4.95. The molecule has 0 radical (unpaired) electrons. The van der Waals surface area contributed by atoms with E-state index in [1.165, 1.54) is 11.3 Å². The quantitative estimate of drug-likeness (QED) is 0.532. The molecule has 3 rings (SSSR count). The highest BCUT2D eigenvalue weighted by Gasteiger charge is 2.30. The number of ether oxygens (including phenoxy) is 2. The zero-order chi connectivity index (χ0) is 18.2. The Kier molecular flexibility index (Phi) is 6.99. The van der Waals surface area contributed by atoms with E-state index < -0.39 is 0 Å². The molecule has 2 aliphatic heterocycles. The second kappa shape index (κ2) is 9.66. The fourth-order valence-electron chi connectivity index (χ4n) is 3.48. The maximum absolute atomic E-state index is 11.2. The molecule has 0 saturated carbocycles. The summed E-state index contributed by atoms with van der Waals surface area (Å²) in [5, 5.41) is 5.34. The summed E-state index contributed by atoms with van der Waals surface area (Å²) in [6.07, 6.45) is 2.89. The summed E-state index contributed by atoms with van der Waals surface area (Å²) >= 11 is 0. The molecular weight excluding hydrogens is 334 g/mol. The average molecular weight is 361 g/mol. The van der Waals surface area contributed by atoms with Gasteiger partial charge in [-0.3, -0.25) is 14.9 Å². The van der Waals surface area contributed by atoms with Gasteiger partial charge < -0.3 is 19.7 Å². The van der Waals surface area contributed by atoms with E-state index in [1.54, 1.807) is 0 Å². The first kappa shape index (κ1) is 18.8. The molecule has 0 aliphatic carbocycles. The number of piperidine rings is 1. The Labute approximate surface area is 154 Å². The molecule has 1 aromatic rings. The van der Waals surface area contributed by atoms with Crippen molar-refractivity contribution >= 4 is 18.0 Å². The van der Waals surface area contributed by atoms with Gasteiger partial charge in [-0.15, -0.1) is 0 Å². The largest absolute Gasteiger partial charge is 0.372 e. The van der Waals surface area contributed by atoms with Crippen molar-refractivity contribution in [3.05, 3.63) is 29.8 Å². The lowest BCUT2D eigenvalue weighted by molar-refractivity contribution is -0.125. The van der Waals surface area contributed by atoms with Crippen LogP contribution in [0.4, 0.5) is 5.69 Å².